The van der Waals surface area contributed by atoms with E-state index >= 15 is 0 Å². The van der Waals surface area contributed by atoms with Gasteiger partial charge in [-0.25, -0.2) is 21.9 Å². The van der Waals surface area contributed by atoms with Crippen molar-refractivity contribution in [3.05, 3.63) is 65.0 Å². The highest BCUT2D eigenvalue weighted by atomic mass is 32.2. The molecular weight excluding hydrogens is 333 g/mol. The van der Waals surface area contributed by atoms with Gasteiger partial charge in [0.2, 0.25) is 10.0 Å². The van der Waals surface area contributed by atoms with E-state index in [2.05, 4.69) is 0 Å². The maximum Gasteiger partial charge on any atom is 0.341 e. The van der Waals surface area contributed by atoms with Gasteiger partial charge in [0.1, 0.15) is 12.4 Å². The van der Waals surface area contributed by atoms with Crippen LogP contribution in [-0.2, 0) is 21.4 Å². The molecule has 0 aliphatic rings. The number of rotatable bonds is 5. The molecular formula is C17H18FNO4S. The molecule has 0 saturated carbocycles. The lowest BCUT2D eigenvalue weighted by molar-refractivity contribution is 0.0467. The van der Waals surface area contributed by atoms with Crippen molar-refractivity contribution in [1.29, 1.82) is 0 Å². The molecule has 0 aromatic heterocycles. The van der Waals surface area contributed by atoms with Gasteiger partial charge in [-0.2, -0.15) is 0 Å². The lowest BCUT2D eigenvalue weighted by Crippen LogP contribution is -2.22. The van der Waals surface area contributed by atoms with E-state index in [4.69, 9.17) is 4.74 Å². The van der Waals surface area contributed by atoms with Gasteiger partial charge in [-0.15, -0.1) is 0 Å². The van der Waals surface area contributed by atoms with Gasteiger partial charge in [0, 0.05) is 14.1 Å². The summed E-state index contributed by atoms with van der Waals surface area (Å²) in [7, 11) is -1.05. The third kappa shape index (κ3) is 3.98. The van der Waals surface area contributed by atoms with Crippen molar-refractivity contribution >= 4 is 16.0 Å². The Bertz CT molecular complexity index is 863. The van der Waals surface area contributed by atoms with E-state index in [9.17, 15) is 17.6 Å². The quantitative estimate of drug-likeness (QED) is 0.777. The molecule has 0 atom stereocenters. The summed E-state index contributed by atoms with van der Waals surface area (Å²) in [6, 6.07) is 10.4. The fourth-order valence-corrected chi connectivity index (χ4v) is 2.99. The average Bonchev–Trinajstić information content (AvgIpc) is 2.52. The number of ether oxygens (including phenoxy) is 1. The highest BCUT2D eigenvalue weighted by Crippen LogP contribution is 2.19. The van der Waals surface area contributed by atoms with Gasteiger partial charge in [-0.1, -0.05) is 29.8 Å². The molecule has 0 fully saturated rings. The lowest BCUT2D eigenvalue weighted by atomic mass is 10.1. The van der Waals surface area contributed by atoms with Crippen LogP contribution in [-0.4, -0.2) is 32.8 Å². The van der Waals surface area contributed by atoms with Crippen molar-refractivity contribution in [2.75, 3.05) is 14.1 Å². The number of hydrogen-bond donors (Lipinski definition) is 0. The minimum absolute atomic E-state index is 0.0232. The minimum atomic E-state index is -3.76. The van der Waals surface area contributed by atoms with Gasteiger partial charge in [0.25, 0.3) is 0 Å². The van der Waals surface area contributed by atoms with Crippen molar-refractivity contribution in [2.24, 2.45) is 0 Å². The summed E-state index contributed by atoms with van der Waals surface area (Å²) in [4.78, 5) is 11.9. The summed E-state index contributed by atoms with van der Waals surface area (Å²) < 4.78 is 44.1. The first-order valence-corrected chi connectivity index (χ1v) is 8.60. The monoisotopic (exact) mass is 351 g/mol. The van der Waals surface area contributed by atoms with Crippen LogP contribution in [0.15, 0.2) is 47.4 Å². The lowest BCUT2D eigenvalue weighted by Gasteiger charge is -2.12. The Hall–Kier alpha value is -2.25. The van der Waals surface area contributed by atoms with Crippen LogP contribution in [0.1, 0.15) is 21.5 Å². The summed E-state index contributed by atoms with van der Waals surface area (Å²) in [6.07, 6.45) is 0. The maximum absolute atomic E-state index is 13.9. The van der Waals surface area contributed by atoms with E-state index in [1.807, 2.05) is 25.1 Å². The number of hydrogen-bond acceptors (Lipinski definition) is 4. The Morgan fingerprint density at radius 2 is 1.88 bits per heavy atom. The Balaban J connectivity index is 2.23. The molecule has 2 aromatic rings. The molecule has 0 aliphatic carbocycles. The van der Waals surface area contributed by atoms with Crippen molar-refractivity contribution in [3.63, 3.8) is 0 Å². The van der Waals surface area contributed by atoms with Crippen LogP contribution in [0.2, 0.25) is 0 Å². The molecule has 128 valence electrons. The van der Waals surface area contributed by atoms with Crippen LogP contribution in [0.3, 0.4) is 0 Å². The van der Waals surface area contributed by atoms with E-state index in [1.54, 1.807) is 6.07 Å². The first kappa shape index (κ1) is 18.1. The summed E-state index contributed by atoms with van der Waals surface area (Å²) in [5.74, 6) is -1.74. The van der Waals surface area contributed by atoms with Crippen LogP contribution in [0.5, 0.6) is 0 Å². The van der Waals surface area contributed by atoms with Gasteiger partial charge in [-0.3, -0.25) is 0 Å². The second kappa shape index (κ2) is 7.11. The van der Waals surface area contributed by atoms with E-state index < -0.39 is 27.4 Å². The van der Waals surface area contributed by atoms with Crippen LogP contribution >= 0.6 is 0 Å². The number of aryl methyl sites for hydroxylation is 1. The first-order valence-electron chi connectivity index (χ1n) is 7.16. The molecule has 0 bridgehead atoms. The number of carbonyl (C=O) groups excluding carboxylic acids is 1. The van der Waals surface area contributed by atoms with Crippen LogP contribution in [0.25, 0.3) is 0 Å². The summed E-state index contributed by atoms with van der Waals surface area (Å²) in [6.45, 7) is 1.88. The predicted octanol–water partition coefficient (Wildman–Crippen LogP) is 2.74. The normalized spacial score (nSPS) is 11.5. The van der Waals surface area contributed by atoms with E-state index in [0.29, 0.717) is 0 Å². The maximum atomic E-state index is 13.9. The SMILES string of the molecule is Cc1cccc(COC(=O)c2cc(S(=O)(=O)N(C)C)ccc2F)c1. The molecule has 0 N–H and O–H groups in total. The molecule has 0 saturated heterocycles. The van der Waals surface area contributed by atoms with Crippen molar-refractivity contribution < 1.29 is 22.3 Å². The summed E-state index contributed by atoms with van der Waals surface area (Å²) in [5.41, 5.74) is 1.36. The van der Waals surface area contributed by atoms with Crippen molar-refractivity contribution in [2.45, 2.75) is 18.4 Å². The second-order valence-corrected chi connectivity index (χ2v) is 7.65. The minimum Gasteiger partial charge on any atom is -0.457 e. The van der Waals surface area contributed by atoms with Crippen molar-refractivity contribution in [3.8, 4) is 0 Å². The molecule has 0 radical (unpaired) electrons. The number of carbonyl (C=O) groups is 1. The number of halogens is 1. The molecule has 24 heavy (non-hydrogen) atoms. The Morgan fingerprint density at radius 3 is 2.50 bits per heavy atom. The number of benzene rings is 2. The van der Waals surface area contributed by atoms with Gasteiger partial charge in [0.05, 0.1) is 10.5 Å². The molecule has 2 aromatic carbocycles. The van der Waals surface area contributed by atoms with E-state index in [1.165, 1.54) is 14.1 Å². The predicted molar refractivity (Wildman–Crippen MR) is 87.6 cm³/mol. The number of esters is 1. The molecule has 0 unspecified atom stereocenters. The number of nitrogens with zero attached hydrogens (tertiary/aromatic N) is 1. The molecule has 0 amide bonds. The standard InChI is InChI=1S/C17H18FNO4S/c1-12-5-4-6-13(9-12)11-23-17(20)15-10-14(7-8-16(15)18)24(21,22)19(2)3/h4-10H,11H2,1-3H3. The van der Waals surface area contributed by atoms with Gasteiger partial charge in [0.15, 0.2) is 0 Å². The number of sulfonamides is 1. The third-order valence-corrected chi connectivity index (χ3v) is 5.20. The van der Waals surface area contributed by atoms with E-state index in [0.717, 1.165) is 33.6 Å². The van der Waals surface area contributed by atoms with Gasteiger partial charge in [-0.05, 0) is 30.7 Å². The van der Waals surface area contributed by atoms with Crippen molar-refractivity contribution in [1.82, 2.24) is 4.31 Å². The molecule has 0 heterocycles. The Labute approximate surface area is 140 Å². The average molecular weight is 351 g/mol. The fraction of sp³-hybridized carbons (Fsp3) is 0.235. The van der Waals surface area contributed by atoms with Gasteiger partial charge < -0.3 is 4.74 Å². The largest absolute Gasteiger partial charge is 0.457 e. The zero-order chi connectivity index (χ0) is 17.9. The van der Waals surface area contributed by atoms with E-state index in [-0.39, 0.29) is 11.5 Å². The zero-order valence-electron chi connectivity index (χ0n) is 13.6. The highest BCUT2D eigenvalue weighted by Gasteiger charge is 2.22. The topological polar surface area (TPSA) is 63.7 Å². The third-order valence-electron chi connectivity index (χ3n) is 3.39. The van der Waals surface area contributed by atoms with Crippen LogP contribution in [0.4, 0.5) is 4.39 Å². The zero-order valence-corrected chi connectivity index (χ0v) is 14.4. The Kier molecular flexibility index (Phi) is 5.36. The molecule has 0 spiro atoms. The highest BCUT2D eigenvalue weighted by molar-refractivity contribution is 7.89. The molecule has 2 rings (SSSR count). The fourth-order valence-electron chi connectivity index (χ4n) is 2.06. The molecule has 5 nitrogen and oxygen atoms in total. The molecule has 0 aliphatic heterocycles. The van der Waals surface area contributed by atoms with Crippen LogP contribution < -0.4 is 0 Å². The van der Waals surface area contributed by atoms with Gasteiger partial charge >= 0.3 is 5.97 Å². The second-order valence-electron chi connectivity index (χ2n) is 5.49. The summed E-state index contributed by atoms with van der Waals surface area (Å²) >= 11 is 0. The Morgan fingerprint density at radius 1 is 1.17 bits per heavy atom. The first-order chi connectivity index (χ1) is 11.2. The molecule has 7 heteroatoms. The smallest absolute Gasteiger partial charge is 0.341 e. The van der Waals surface area contributed by atoms with Crippen LogP contribution in [0, 0.1) is 12.7 Å². The summed E-state index contributed by atoms with van der Waals surface area (Å²) in [5, 5.41) is 0.